The topological polar surface area (TPSA) is 47.6 Å². The largest absolute Gasteiger partial charge is 0.493 e. The van der Waals surface area contributed by atoms with Crippen molar-refractivity contribution in [3.8, 4) is 11.5 Å². The van der Waals surface area contributed by atoms with E-state index in [1.807, 2.05) is 43.3 Å². The fourth-order valence-corrected chi connectivity index (χ4v) is 2.87. The second-order valence-corrected chi connectivity index (χ2v) is 6.37. The first-order valence-corrected chi connectivity index (χ1v) is 8.23. The summed E-state index contributed by atoms with van der Waals surface area (Å²) in [5, 5.41) is 3.00. The second-order valence-electron chi connectivity index (χ2n) is 6.37. The van der Waals surface area contributed by atoms with Gasteiger partial charge in [0.2, 0.25) is 0 Å². The Morgan fingerprint density at radius 1 is 1.12 bits per heavy atom. The molecule has 4 heteroatoms. The van der Waals surface area contributed by atoms with Gasteiger partial charge in [0.05, 0.1) is 7.11 Å². The molecule has 1 aliphatic rings. The van der Waals surface area contributed by atoms with Crippen LogP contribution in [0.4, 0.5) is 0 Å². The highest BCUT2D eigenvalue weighted by Gasteiger charge is 2.44. The molecule has 1 N–H and O–H groups in total. The smallest absolute Gasteiger partial charge is 0.257 e. The molecule has 4 nitrogen and oxygen atoms in total. The molecule has 0 unspecified atom stereocenters. The summed E-state index contributed by atoms with van der Waals surface area (Å²) in [4.78, 5) is 12.1. The van der Waals surface area contributed by atoms with Crippen molar-refractivity contribution in [3.63, 3.8) is 0 Å². The van der Waals surface area contributed by atoms with Gasteiger partial charge in [0.1, 0.15) is 0 Å². The van der Waals surface area contributed by atoms with Gasteiger partial charge in [-0.05, 0) is 43.0 Å². The average molecular weight is 325 g/mol. The van der Waals surface area contributed by atoms with Crippen LogP contribution in [0.3, 0.4) is 0 Å². The first-order chi connectivity index (χ1) is 11.6. The van der Waals surface area contributed by atoms with E-state index in [1.54, 1.807) is 7.11 Å². The van der Waals surface area contributed by atoms with E-state index >= 15 is 0 Å². The van der Waals surface area contributed by atoms with Crippen LogP contribution in [0.2, 0.25) is 0 Å². The number of carbonyl (C=O) groups excluding carboxylic acids is 1. The number of hydrogen-bond acceptors (Lipinski definition) is 3. The van der Waals surface area contributed by atoms with Crippen molar-refractivity contribution >= 4 is 5.91 Å². The molecule has 1 saturated carbocycles. The Kier molecular flexibility index (Phi) is 4.74. The van der Waals surface area contributed by atoms with Crippen LogP contribution in [0.25, 0.3) is 0 Å². The lowest BCUT2D eigenvalue weighted by molar-refractivity contribution is -0.123. The van der Waals surface area contributed by atoms with Gasteiger partial charge in [-0.1, -0.05) is 36.4 Å². The molecule has 2 aromatic carbocycles. The van der Waals surface area contributed by atoms with Crippen LogP contribution in [0.15, 0.2) is 48.5 Å². The molecule has 0 atom stereocenters. The molecule has 0 aliphatic heterocycles. The van der Waals surface area contributed by atoms with E-state index in [0.29, 0.717) is 18.0 Å². The lowest BCUT2D eigenvalue weighted by atomic mass is 9.96. The van der Waals surface area contributed by atoms with E-state index < -0.39 is 0 Å². The molecule has 1 aliphatic carbocycles. The summed E-state index contributed by atoms with van der Waals surface area (Å²) < 4.78 is 10.9. The minimum atomic E-state index is -0.111. The van der Waals surface area contributed by atoms with Crippen LogP contribution in [0, 0.1) is 6.92 Å². The van der Waals surface area contributed by atoms with Gasteiger partial charge in [-0.3, -0.25) is 4.79 Å². The Bertz CT molecular complexity index is 708. The van der Waals surface area contributed by atoms with Gasteiger partial charge in [-0.2, -0.15) is 0 Å². The molecule has 0 bridgehead atoms. The third-order valence-corrected chi connectivity index (χ3v) is 4.54. The predicted octanol–water partition coefficient (Wildman–Crippen LogP) is 3.23. The van der Waals surface area contributed by atoms with Crippen molar-refractivity contribution in [2.75, 3.05) is 20.3 Å². The molecule has 0 heterocycles. The molecule has 1 fully saturated rings. The predicted molar refractivity (Wildman–Crippen MR) is 93.6 cm³/mol. The molecule has 0 aromatic heterocycles. The minimum absolute atomic E-state index is 0.00963. The first kappa shape index (κ1) is 16.4. The Balaban J connectivity index is 1.52. The molecular formula is C20H23NO3. The van der Waals surface area contributed by atoms with Gasteiger partial charge in [-0.25, -0.2) is 0 Å². The highest BCUT2D eigenvalue weighted by molar-refractivity contribution is 5.77. The number of amides is 1. The van der Waals surface area contributed by atoms with E-state index in [4.69, 9.17) is 9.47 Å². The Hall–Kier alpha value is -2.49. The third-order valence-electron chi connectivity index (χ3n) is 4.54. The average Bonchev–Trinajstić information content (AvgIpc) is 3.41. The summed E-state index contributed by atoms with van der Waals surface area (Å²) in [5.74, 6) is 1.12. The molecule has 24 heavy (non-hydrogen) atoms. The molecular weight excluding hydrogens is 302 g/mol. The third kappa shape index (κ3) is 3.70. The summed E-state index contributed by atoms with van der Waals surface area (Å²) in [5.41, 5.74) is 2.49. The maximum atomic E-state index is 12.1. The van der Waals surface area contributed by atoms with Crippen molar-refractivity contribution in [1.29, 1.82) is 0 Å². The van der Waals surface area contributed by atoms with E-state index in [-0.39, 0.29) is 17.9 Å². The van der Waals surface area contributed by atoms with Gasteiger partial charge in [0.15, 0.2) is 18.1 Å². The number of hydrogen-bond donors (Lipinski definition) is 1. The maximum absolute atomic E-state index is 12.1. The molecule has 3 rings (SSSR count). The second kappa shape index (κ2) is 6.95. The number of ether oxygens (including phenoxy) is 2. The molecule has 0 saturated heterocycles. The van der Waals surface area contributed by atoms with Crippen molar-refractivity contribution in [1.82, 2.24) is 5.32 Å². The maximum Gasteiger partial charge on any atom is 0.257 e. The standard InChI is InChI=1S/C20H23NO3/c1-15-8-9-17(18(12-15)23-2)24-13-19(22)21-14-20(10-11-20)16-6-4-3-5-7-16/h3-9,12H,10-11,13-14H2,1-2H3,(H,21,22). The van der Waals surface area contributed by atoms with E-state index in [2.05, 4.69) is 17.4 Å². The van der Waals surface area contributed by atoms with Crippen LogP contribution >= 0.6 is 0 Å². The first-order valence-electron chi connectivity index (χ1n) is 8.23. The molecule has 0 radical (unpaired) electrons. The van der Waals surface area contributed by atoms with Gasteiger partial charge < -0.3 is 14.8 Å². The normalized spacial score (nSPS) is 14.8. The van der Waals surface area contributed by atoms with Crippen LogP contribution < -0.4 is 14.8 Å². The summed E-state index contributed by atoms with van der Waals surface area (Å²) in [7, 11) is 1.60. The number of rotatable bonds is 7. The number of methoxy groups -OCH3 is 1. The Labute approximate surface area is 142 Å². The lowest BCUT2D eigenvalue weighted by Gasteiger charge is -2.17. The lowest BCUT2D eigenvalue weighted by Crippen LogP contribution is -2.35. The highest BCUT2D eigenvalue weighted by Crippen LogP contribution is 2.47. The zero-order valence-corrected chi connectivity index (χ0v) is 14.2. The monoisotopic (exact) mass is 325 g/mol. The Morgan fingerprint density at radius 3 is 2.54 bits per heavy atom. The van der Waals surface area contributed by atoms with Crippen LogP contribution in [-0.2, 0) is 10.2 Å². The fraction of sp³-hybridized carbons (Fsp3) is 0.350. The van der Waals surface area contributed by atoms with Crippen molar-refractivity contribution in [3.05, 3.63) is 59.7 Å². The molecule has 1 amide bonds. The summed E-state index contributed by atoms with van der Waals surface area (Å²) >= 11 is 0. The highest BCUT2D eigenvalue weighted by atomic mass is 16.5. The molecule has 0 spiro atoms. The van der Waals surface area contributed by atoms with E-state index in [1.165, 1.54) is 5.56 Å². The summed E-state index contributed by atoms with van der Waals surface area (Å²) in [6, 6.07) is 16.0. The number of aryl methyl sites for hydroxylation is 1. The van der Waals surface area contributed by atoms with E-state index in [0.717, 1.165) is 18.4 Å². The summed E-state index contributed by atoms with van der Waals surface area (Å²) in [6.07, 6.45) is 2.23. The Morgan fingerprint density at radius 2 is 1.88 bits per heavy atom. The van der Waals surface area contributed by atoms with Crippen LogP contribution in [-0.4, -0.2) is 26.2 Å². The number of benzene rings is 2. The minimum Gasteiger partial charge on any atom is -0.493 e. The van der Waals surface area contributed by atoms with Crippen molar-refractivity contribution < 1.29 is 14.3 Å². The fourth-order valence-electron chi connectivity index (χ4n) is 2.87. The molecule has 2 aromatic rings. The van der Waals surface area contributed by atoms with Gasteiger partial charge in [0, 0.05) is 12.0 Å². The van der Waals surface area contributed by atoms with Crippen LogP contribution in [0.5, 0.6) is 11.5 Å². The number of carbonyl (C=O) groups is 1. The van der Waals surface area contributed by atoms with Crippen molar-refractivity contribution in [2.24, 2.45) is 0 Å². The summed E-state index contributed by atoms with van der Waals surface area (Å²) in [6.45, 7) is 2.63. The zero-order chi connectivity index (χ0) is 17.0. The van der Waals surface area contributed by atoms with Gasteiger partial charge in [-0.15, -0.1) is 0 Å². The van der Waals surface area contributed by atoms with Crippen LogP contribution in [0.1, 0.15) is 24.0 Å². The van der Waals surface area contributed by atoms with Crippen molar-refractivity contribution in [2.45, 2.75) is 25.2 Å². The number of nitrogens with one attached hydrogen (secondary N) is 1. The van der Waals surface area contributed by atoms with Gasteiger partial charge >= 0.3 is 0 Å². The van der Waals surface area contributed by atoms with Gasteiger partial charge in [0.25, 0.3) is 5.91 Å². The molecule has 126 valence electrons. The quantitative estimate of drug-likeness (QED) is 0.850. The zero-order valence-electron chi connectivity index (χ0n) is 14.2. The SMILES string of the molecule is COc1cc(C)ccc1OCC(=O)NCC1(c2ccccc2)CC1. The van der Waals surface area contributed by atoms with E-state index in [9.17, 15) is 4.79 Å².